The number of benzene rings is 1. The molecule has 76 valence electrons. The lowest BCUT2D eigenvalue weighted by Crippen LogP contribution is -2.24. The molecule has 1 amide bonds. The van der Waals surface area contributed by atoms with Gasteiger partial charge in [0.2, 0.25) is 0 Å². The summed E-state index contributed by atoms with van der Waals surface area (Å²) in [5.74, 6) is 0.308. The van der Waals surface area contributed by atoms with Crippen molar-refractivity contribution in [3.63, 3.8) is 0 Å². The molecule has 1 aromatic rings. The van der Waals surface area contributed by atoms with Gasteiger partial charge in [-0.1, -0.05) is 27.5 Å². The van der Waals surface area contributed by atoms with Gasteiger partial charge in [0.15, 0.2) is 6.61 Å². The molecule has 0 heterocycles. The van der Waals surface area contributed by atoms with Crippen LogP contribution in [-0.2, 0) is 4.79 Å². The molecule has 3 nitrogen and oxygen atoms in total. The van der Waals surface area contributed by atoms with E-state index in [1.165, 1.54) is 0 Å². The van der Waals surface area contributed by atoms with E-state index in [-0.39, 0.29) is 12.5 Å². The van der Waals surface area contributed by atoms with Crippen molar-refractivity contribution in [1.29, 1.82) is 0 Å². The van der Waals surface area contributed by atoms with Crippen LogP contribution in [0.2, 0.25) is 5.02 Å². The molecule has 14 heavy (non-hydrogen) atoms. The summed E-state index contributed by atoms with van der Waals surface area (Å²) in [6.45, 7) is -0.0299. The number of halogens is 2. The predicted octanol–water partition coefficient (Wildman–Crippen LogP) is 2.23. The first-order valence-electron chi connectivity index (χ1n) is 3.92. The molecule has 0 aliphatic carbocycles. The third kappa shape index (κ3) is 3.20. The van der Waals surface area contributed by atoms with E-state index in [4.69, 9.17) is 16.3 Å². The molecule has 0 spiro atoms. The van der Waals surface area contributed by atoms with Crippen LogP contribution in [0.5, 0.6) is 5.75 Å². The second kappa shape index (κ2) is 5.22. The van der Waals surface area contributed by atoms with E-state index in [1.807, 2.05) is 0 Å². The Hall–Kier alpha value is -0.740. The minimum Gasteiger partial charge on any atom is -0.482 e. The Bertz CT molecular complexity index is 344. The van der Waals surface area contributed by atoms with Gasteiger partial charge < -0.3 is 10.1 Å². The number of nitrogens with one attached hydrogen (secondary N) is 1. The van der Waals surface area contributed by atoms with E-state index < -0.39 is 0 Å². The molecule has 0 bridgehead atoms. The summed E-state index contributed by atoms with van der Waals surface area (Å²) in [7, 11) is 1.55. The van der Waals surface area contributed by atoms with E-state index in [2.05, 4.69) is 21.2 Å². The first-order chi connectivity index (χ1) is 6.63. The Morgan fingerprint density at radius 1 is 1.64 bits per heavy atom. The molecule has 0 unspecified atom stereocenters. The van der Waals surface area contributed by atoms with Crippen molar-refractivity contribution in [2.24, 2.45) is 0 Å². The fraction of sp³-hybridized carbons (Fsp3) is 0.222. The van der Waals surface area contributed by atoms with Gasteiger partial charge in [0.25, 0.3) is 5.91 Å². The average molecular weight is 279 g/mol. The maximum absolute atomic E-state index is 10.9. The summed E-state index contributed by atoms with van der Waals surface area (Å²) >= 11 is 9.14. The highest BCUT2D eigenvalue weighted by Gasteiger charge is 2.04. The first-order valence-corrected chi connectivity index (χ1v) is 5.09. The van der Waals surface area contributed by atoms with Crippen LogP contribution < -0.4 is 10.1 Å². The largest absolute Gasteiger partial charge is 0.482 e. The Labute approximate surface area is 95.5 Å². The zero-order valence-electron chi connectivity index (χ0n) is 7.51. The number of carbonyl (C=O) groups is 1. The van der Waals surface area contributed by atoms with Gasteiger partial charge in [-0.3, -0.25) is 4.79 Å². The molecule has 1 N–H and O–H groups in total. The van der Waals surface area contributed by atoms with E-state index in [0.717, 1.165) is 4.47 Å². The van der Waals surface area contributed by atoms with Crippen LogP contribution in [0.4, 0.5) is 0 Å². The molecule has 0 saturated heterocycles. The lowest BCUT2D eigenvalue weighted by molar-refractivity contribution is -0.122. The van der Waals surface area contributed by atoms with Gasteiger partial charge in [0, 0.05) is 11.5 Å². The van der Waals surface area contributed by atoms with Gasteiger partial charge in [-0.25, -0.2) is 0 Å². The zero-order valence-corrected chi connectivity index (χ0v) is 9.85. The van der Waals surface area contributed by atoms with Gasteiger partial charge >= 0.3 is 0 Å². The minimum absolute atomic E-state index is 0.0299. The van der Waals surface area contributed by atoms with Crippen LogP contribution in [0.15, 0.2) is 22.7 Å². The fourth-order valence-corrected chi connectivity index (χ4v) is 1.54. The third-order valence-electron chi connectivity index (χ3n) is 1.53. The lowest BCUT2D eigenvalue weighted by Gasteiger charge is -2.06. The van der Waals surface area contributed by atoms with E-state index >= 15 is 0 Å². The van der Waals surface area contributed by atoms with Crippen LogP contribution >= 0.6 is 27.5 Å². The van der Waals surface area contributed by atoms with Gasteiger partial charge in [-0.15, -0.1) is 0 Å². The number of likely N-dealkylation sites (N-methyl/N-ethyl adjacent to an activating group) is 1. The van der Waals surface area contributed by atoms with Crippen molar-refractivity contribution < 1.29 is 9.53 Å². The molecule has 0 aliphatic rings. The minimum atomic E-state index is -0.191. The number of hydrogen-bond donors (Lipinski definition) is 1. The highest BCUT2D eigenvalue weighted by atomic mass is 79.9. The standard InChI is InChI=1S/C9H9BrClNO2/c1-12-9(13)5-14-8-3-2-6(10)4-7(8)11/h2-4H,5H2,1H3,(H,12,13). The summed E-state index contributed by atoms with van der Waals surface area (Å²) in [6, 6.07) is 5.21. The second-order valence-electron chi connectivity index (χ2n) is 2.54. The van der Waals surface area contributed by atoms with Gasteiger partial charge in [0.1, 0.15) is 5.75 Å². The van der Waals surface area contributed by atoms with Crippen LogP contribution in [0.1, 0.15) is 0 Å². The fourth-order valence-electron chi connectivity index (χ4n) is 0.808. The monoisotopic (exact) mass is 277 g/mol. The number of ether oxygens (including phenoxy) is 1. The Kier molecular flexibility index (Phi) is 4.22. The first kappa shape index (κ1) is 11.3. The van der Waals surface area contributed by atoms with Crippen molar-refractivity contribution >= 4 is 33.4 Å². The summed E-state index contributed by atoms with van der Waals surface area (Å²) in [5.41, 5.74) is 0. The number of hydrogen-bond acceptors (Lipinski definition) is 2. The Balaban J connectivity index is 2.63. The summed E-state index contributed by atoms with van der Waals surface area (Å²) in [4.78, 5) is 10.9. The van der Waals surface area contributed by atoms with Crippen molar-refractivity contribution in [3.8, 4) is 5.75 Å². The molecule has 0 fully saturated rings. The highest BCUT2D eigenvalue weighted by molar-refractivity contribution is 9.10. The van der Waals surface area contributed by atoms with Crippen molar-refractivity contribution in [3.05, 3.63) is 27.7 Å². The second-order valence-corrected chi connectivity index (χ2v) is 3.86. The van der Waals surface area contributed by atoms with E-state index in [9.17, 15) is 4.79 Å². The molecule has 1 rings (SSSR count). The Morgan fingerprint density at radius 2 is 2.36 bits per heavy atom. The zero-order chi connectivity index (χ0) is 10.6. The molecular weight excluding hydrogens is 269 g/mol. The molecule has 5 heteroatoms. The summed E-state index contributed by atoms with van der Waals surface area (Å²) in [5, 5.41) is 2.93. The molecule has 1 aromatic carbocycles. The van der Waals surface area contributed by atoms with Crippen LogP contribution in [-0.4, -0.2) is 19.6 Å². The van der Waals surface area contributed by atoms with Crippen LogP contribution in [0.3, 0.4) is 0 Å². The van der Waals surface area contributed by atoms with Crippen molar-refractivity contribution in [1.82, 2.24) is 5.32 Å². The maximum atomic E-state index is 10.9. The van der Waals surface area contributed by atoms with Gasteiger partial charge in [0.05, 0.1) is 5.02 Å². The SMILES string of the molecule is CNC(=O)COc1ccc(Br)cc1Cl. The number of amides is 1. The topological polar surface area (TPSA) is 38.3 Å². The van der Waals surface area contributed by atoms with Crippen molar-refractivity contribution in [2.75, 3.05) is 13.7 Å². The van der Waals surface area contributed by atoms with Crippen LogP contribution in [0, 0.1) is 0 Å². The maximum Gasteiger partial charge on any atom is 0.257 e. The van der Waals surface area contributed by atoms with Gasteiger partial charge in [-0.05, 0) is 18.2 Å². The summed E-state index contributed by atoms with van der Waals surface area (Å²) < 4.78 is 6.05. The molecule has 0 radical (unpaired) electrons. The van der Waals surface area contributed by atoms with Crippen LogP contribution in [0.25, 0.3) is 0 Å². The lowest BCUT2D eigenvalue weighted by atomic mass is 10.3. The van der Waals surface area contributed by atoms with E-state index in [0.29, 0.717) is 10.8 Å². The van der Waals surface area contributed by atoms with Crippen molar-refractivity contribution in [2.45, 2.75) is 0 Å². The normalized spacial score (nSPS) is 9.64. The predicted molar refractivity (Wildman–Crippen MR) is 58.7 cm³/mol. The number of carbonyl (C=O) groups excluding carboxylic acids is 1. The molecular formula is C9H9BrClNO2. The molecule has 0 aliphatic heterocycles. The van der Waals surface area contributed by atoms with Gasteiger partial charge in [-0.2, -0.15) is 0 Å². The Morgan fingerprint density at radius 3 is 2.93 bits per heavy atom. The highest BCUT2D eigenvalue weighted by Crippen LogP contribution is 2.27. The summed E-state index contributed by atoms with van der Waals surface area (Å²) in [6.07, 6.45) is 0. The van der Waals surface area contributed by atoms with E-state index in [1.54, 1.807) is 25.2 Å². The quantitative estimate of drug-likeness (QED) is 0.921. The average Bonchev–Trinajstić information content (AvgIpc) is 2.16. The molecule has 0 atom stereocenters. The number of rotatable bonds is 3. The molecule has 0 saturated carbocycles. The molecule has 0 aromatic heterocycles. The third-order valence-corrected chi connectivity index (χ3v) is 2.32. The smallest absolute Gasteiger partial charge is 0.257 e.